The number of carboxylic acid groups (broad SMARTS) is 1. The average Bonchev–Trinajstić information content (AvgIpc) is 3.77. The van der Waals surface area contributed by atoms with E-state index in [0.29, 0.717) is 39.0 Å². The lowest BCUT2D eigenvalue weighted by atomic mass is 10.2. The molecule has 2 aromatic heterocycles. The lowest BCUT2D eigenvalue weighted by Crippen LogP contribution is -2.30. The van der Waals surface area contributed by atoms with Crippen LogP contribution >= 0.6 is 0 Å². The Morgan fingerprint density at radius 2 is 1.24 bits per heavy atom. The molecule has 14 heteroatoms. The van der Waals surface area contributed by atoms with Gasteiger partial charge < -0.3 is 33.8 Å². The van der Waals surface area contributed by atoms with Crippen molar-refractivity contribution in [2.24, 2.45) is 0 Å². The summed E-state index contributed by atoms with van der Waals surface area (Å²) in [6, 6.07) is 33.3. The van der Waals surface area contributed by atoms with Crippen LogP contribution in [-0.4, -0.2) is 70.7 Å². The predicted molar refractivity (Wildman–Crippen MR) is 255 cm³/mol. The van der Waals surface area contributed by atoms with E-state index in [1.807, 2.05) is 106 Å². The van der Waals surface area contributed by atoms with Crippen LogP contribution in [0.15, 0.2) is 110 Å². The van der Waals surface area contributed by atoms with Crippen molar-refractivity contribution in [2.45, 2.75) is 91.1 Å². The molecule has 328 valence electrons. The summed E-state index contributed by atoms with van der Waals surface area (Å²) < 4.78 is 21.3. The van der Waals surface area contributed by atoms with Crippen molar-refractivity contribution in [1.29, 1.82) is 0 Å². The van der Waals surface area contributed by atoms with Crippen LogP contribution in [0, 0.1) is 0 Å². The van der Waals surface area contributed by atoms with Gasteiger partial charge in [0.05, 0.1) is 35.2 Å². The fourth-order valence-corrected chi connectivity index (χ4v) is 7.86. The zero-order valence-electron chi connectivity index (χ0n) is 37.1. The molecule has 0 aliphatic heterocycles. The van der Waals surface area contributed by atoms with Crippen LogP contribution in [0.1, 0.15) is 33.9 Å². The number of fused-ring (bicyclic) bond motifs is 2. The molecule has 0 unspecified atom stereocenters. The molecule has 2 amide bonds. The van der Waals surface area contributed by atoms with E-state index in [0.717, 1.165) is 62.2 Å². The molecule has 0 fully saturated rings. The Balaban J connectivity index is 0.000000234. The van der Waals surface area contributed by atoms with Gasteiger partial charge in [0.2, 0.25) is 0 Å². The molecule has 0 aliphatic rings. The zero-order chi connectivity index (χ0) is 44.7. The highest BCUT2D eigenvalue weighted by Gasteiger charge is 2.20. The summed E-state index contributed by atoms with van der Waals surface area (Å²) in [5.41, 5.74) is 7.42. The van der Waals surface area contributed by atoms with E-state index < -0.39 is 28.3 Å². The van der Waals surface area contributed by atoms with Gasteiger partial charge in [0.1, 0.15) is 31.7 Å². The van der Waals surface area contributed by atoms with Gasteiger partial charge in [-0.1, -0.05) is 137 Å². The van der Waals surface area contributed by atoms with E-state index in [-0.39, 0.29) is 19.7 Å². The summed E-state index contributed by atoms with van der Waals surface area (Å²) in [6.45, 7) is 24.7. The molecule has 0 radical (unpaired) electrons. The molecule has 2 N–H and O–H groups in total. The van der Waals surface area contributed by atoms with Gasteiger partial charge in [-0.05, 0) is 58.6 Å². The van der Waals surface area contributed by atoms with Crippen LogP contribution in [0.5, 0.6) is 0 Å². The van der Waals surface area contributed by atoms with Gasteiger partial charge in [-0.3, -0.25) is 4.90 Å². The summed E-state index contributed by atoms with van der Waals surface area (Å²) >= 11 is 0. The van der Waals surface area contributed by atoms with E-state index in [1.54, 1.807) is 12.2 Å². The van der Waals surface area contributed by atoms with Crippen LogP contribution in [0.4, 0.5) is 9.59 Å². The van der Waals surface area contributed by atoms with Gasteiger partial charge in [-0.15, -0.1) is 0 Å². The van der Waals surface area contributed by atoms with E-state index in [1.165, 1.54) is 4.90 Å². The van der Waals surface area contributed by atoms with Crippen molar-refractivity contribution in [2.75, 3.05) is 13.2 Å². The monoisotopic (exact) mass is 874 g/mol. The van der Waals surface area contributed by atoms with Crippen LogP contribution in [0.2, 0.25) is 51.4 Å². The number of alkyl carbamates (subject to hydrolysis) is 1. The van der Waals surface area contributed by atoms with Gasteiger partial charge in [0, 0.05) is 35.9 Å². The number of carbonyl (C=O) groups excluding carboxylic acids is 1. The number of ether oxygens (including phenoxy) is 3. The minimum atomic E-state index is -1.19. The fraction of sp³-hybridized carbons (Fsp3) is 0.333. The number of amides is 2. The number of imidazole rings is 2. The molecule has 4 aromatic carbocycles. The summed E-state index contributed by atoms with van der Waals surface area (Å²) in [5.74, 6) is 1.39. The number of nitrogens with zero attached hydrogens (tertiary/aromatic N) is 5. The second-order valence-electron chi connectivity index (χ2n) is 17.6. The molecule has 12 nitrogen and oxygen atoms in total. The van der Waals surface area contributed by atoms with Gasteiger partial charge in [-0.25, -0.2) is 19.6 Å². The van der Waals surface area contributed by atoms with Crippen LogP contribution < -0.4 is 5.32 Å². The van der Waals surface area contributed by atoms with Crippen LogP contribution in [0.25, 0.3) is 34.2 Å². The van der Waals surface area contributed by atoms with Gasteiger partial charge in [0.25, 0.3) is 0 Å². The van der Waals surface area contributed by atoms with Crippen molar-refractivity contribution in [1.82, 2.24) is 29.3 Å². The van der Waals surface area contributed by atoms with E-state index in [9.17, 15) is 14.7 Å². The summed E-state index contributed by atoms with van der Waals surface area (Å²) in [7, 11) is -2.36. The highest BCUT2D eigenvalue weighted by molar-refractivity contribution is 6.76. The van der Waals surface area contributed by atoms with Crippen LogP contribution in [0.3, 0.4) is 0 Å². The minimum Gasteiger partial charge on any atom is -0.465 e. The van der Waals surface area contributed by atoms with Gasteiger partial charge in [-0.2, -0.15) is 0 Å². The van der Waals surface area contributed by atoms with Crippen molar-refractivity contribution in [3.05, 3.63) is 144 Å². The maximum Gasteiger partial charge on any atom is 0.408 e. The first-order chi connectivity index (χ1) is 29.6. The van der Waals surface area contributed by atoms with Crippen molar-refractivity contribution < 1.29 is 28.9 Å². The highest BCUT2D eigenvalue weighted by Crippen LogP contribution is 2.23. The lowest BCUT2D eigenvalue weighted by molar-refractivity contribution is 0.0847. The van der Waals surface area contributed by atoms with Crippen molar-refractivity contribution >= 4 is 62.6 Å². The summed E-state index contributed by atoms with van der Waals surface area (Å²) in [4.78, 5) is 35.0. The quantitative estimate of drug-likeness (QED) is 0.0572. The maximum atomic E-state index is 12.2. The second-order valence-corrected chi connectivity index (χ2v) is 28.8. The number of rotatable bonds is 20. The summed E-state index contributed by atoms with van der Waals surface area (Å²) in [6.07, 6.45) is 2.13. The van der Waals surface area contributed by atoms with Crippen LogP contribution in [-0.2, 0) is 53.9 Å². The maximum absolute atomic E-state index is 12.2. The zero-order valence-corrected chi connectivity index (χ0v) is 39.1. The number of carbonyl (C=O) groups is 2. The Morgan fingerprint density at radius 1 is 0.694 bits per heavy atom. The van der Waals surface area contributed by atoms with Gasteiger partial charge in [0.15, 0.2) is 0 Å². The Kier molecular flexibility index (Phi) is 17.0. The smallest absolute Gasteiger partial charge is 0.408 e. The number of benzene rings is 4. The average molecular weight is 875 g/mol. The van der Waals surface area contributed by atoms with E-state index in [2.05, 4.69) is 57.8 Å². The largest absolute Gasteiger partial charge is 0.465 e. The third-order valence-corrected chi connectivity index (χ3v) is 13.4. The summed E-state index contributed by atoms with van der Waals surface area (Å²) in [5, 5.41) is 12.6. The normalized spacial score (nSPS) is 11.5. The first kappa shape index (κ1) is 47.2. The molecule has 0 aliphatic carbocycles. The Morgan fingerprint density at radius 3 is 1.82 bits per heavy atom. The van der Waals surface area contributed by atoms with Crippen molar-refractivity contribution in [3.8, 4) is 0 Å². The lowest BCUT2D eigenvalue weighted by Gasteiger charge is -2.20. The highest BCUT2D eigenvalue weighted by atomic mass is 28.3. The van der Waals surface area contributed by atoms with E-state index >= 15 is 0 Å². The SMILES string of the molecule is C=Cc1ccc2c(c1)nc(CNC(=O)OCc1ccccc1)n2COCC[Si](C)(C)C.C=Cc1ccc2nc(CN(Cc3ccccc3)C(=O)O)n(COCC[Si](C)(C)C)c2c1. The van der Waals surface area contributed by atoms with E-state index in [4.69, 9.17) is 24.2 Å². The molecule has 0 saturated carbocycles. The Hall–Kier alpha value is -5.81. The Labute approximate surface area is 367 Å². The minimum absolute atomic E-state index is 0.180. The molecular formula is C48H62N6O6Si2. The standard InChI is InChI=1S/2C24H31N3O3Si/c1-5-19-11-12-22-21(15-19)26-23(27(22)18-29-13-14-31(2,3)4)16-25-24(28)30-17-20-9-7-6-8-10-20;1-5-19-11-12-21-22(15-19)27(18-30-13-14-31(2,3)4)23(25-21)17-26(24(28)29)16-20-9-7-6-8-10-20/h5-12,15H,1,13-14,16-18H2,2-4H3,(H,25,28);5-12,15H,1,13-14,16-18H2,2-4H3,(H,28,29). The second kappa shape index (κ2) is 22.3. The number of hydrogen-bond donors (Lipinski definition) is 2. The van der Waals surface area contributed by atoms with Gasteiger partial charge >= 0.3 is 12.2 Å². The molecule has 0 bridgehead atoms. The third kappa shape index (κ3) is 14.7. The molecule has 2 heterocycles. The molecule has 0 saturated heterocycles. The molecule has 62 heavy (non-hydrogen) atoms. The first-order valence-electron chi connectivity index (χ1n) is 21.0. The molecule has 6 rings (SSSR count). The predicted octanol–water partition coefficient (Wildman–Crippen LogP) is 11.1. The van der Waals surface area contributed by atoms with Crippen molar-refractivity contribution in [3.63, 3.8) is 0 Å². The Bertz CT molecular complexity index is 2400. The molecule has 0 spiro atoms. The molecular weight excluding hydrogens is 813 g/mol. The number of hydrogen-bond acceptors (Lipinski definition) is 7. The molecule has 6 aromatic rings. The number of nitrogens with one attached hydrogen (secondary N) is 1. The fourth-order valence-electron chi connectivity index (χ4n) is 6.34. The molecule has 0 atom stereocenters. The number of aromatic nitrogens is 4. The first-order valence-corrected chi connectivity index (χ1v) is 28.4. The third-order valence-electron chi connectivity index (χ3n) is 10.0. The topological polar surface area (TPSA) is 133 Å².